The molecule has 6 heteroatoms. The van der Waals surface area contributed by atoms with Crippen molar-refractivity contribution in [1.29, 1.82) is 0 Å². The normalized spacial score (nSPS) is 11.1. The molecule has 0 spiro atoms. The Kier molecular flexibility index (Phi) is 7.05. The molecule has 0 amide bonds. The molecule has 0 aliphatic heterocycles. The van der Waals surface area contributed by atoms with Crippen molar-refractivity contribution in [2.24, 2.45) is 10.7 Å². The van der Waals surface area contributed by atoms with Crippen molar-refractivity contribution in [3.8, 4) is 0 Å². The highest BCUT2D eigenvalue weighted by molar-refractivity contribution is 9.10. The fraction of sp³-hybridized carbons (Fsp3) is 0.154. The largest absolute Gasteiger partial charge is 1.00 e. The van der Waals surface area contributed by atoms with Crippen LogP contribution < -0.4 is 18.1 Å². The van der Waals surface area contributed by atoms with Gasteiger partial charge in [-0.3, -0.25) is 4.99 Å². The molecule has 1 aromatic heterocycles. The van der Waals surface area contributed by atoms with E-state index in [0.717, 1.165) is 16.0 Å². The van der Waals surface area contributed by atoms with Crippen LogP contribution in [-0.4, -0.2) is 5.17 Å². The smallest absolute Gasteiger partial charge is 0.154 e. The third-order valence-electron chi connectivity index (χ3n) is 2.27. The number of thioether (sulfide) groups is 1. The molecule has 2 aromatic rings. The van der Waals surface area contributed by atoms with Gasteiger partial charge in [-0.2, -0.15) is 0 Å². The first-order valence-electron chi connectivity index (χ1n) is 5.43. The molecule has 2 rings (SSSR count). The van der Waals surface area contributed by atoms with Crippen LogP contribution in [0.2, 0.25) is 0 Å². The minimum absolute atomic E-state index is 0. The average Bonchev–Trinajstić information content (AvgIpc) is 2.89. The second-order valence-electron chi connectivity index (χ2n) is 3.65. The summed E-state index contributed by atoms with van der Waals surface area (Å²) in [5, 5.41) is 0.578. The second kappa shape index (κ2) is 8.30. The quantitative estimate of drug-likeness (QED) is 0.648. The molecule has 0 aliphatic rings. The van der Waals surface area contributed by atoms with Crippen LogP contribution in [0.5, 0.6) is 0 Å². The summed E-state index contributed by atoms with van der Waals surface area (Å²) in [6.45, 7) is 0.492. The van der Waals surface area contributed by atoms with E-state index in [4.69, 9.17) is 10.2 Å². The number of halogens is 2. The highest BCUT2D eigenvalue weighted by Gasteiger charge is 1.98. The maximum Gasteiger partial charge on any atom is 0.154 e. The molecule has 1 heterocycles. The third-order valence-corrected chi connectivity index (χ3v) is 3.70. The lowest BCUT2D eigenvalue weighted by Crippen LogP contribution is -3.00. The van der Waals surface area contributed by atoms with Gasteiger partial charge < -0.3 is 22.6 Å². The molecule has 0 atom stereocenters. The molecule has 0 unspecified atom stereocenters. The number of nitrogens with zero attached hydrogens (tertiary/aromatic N) is 1. The van der Waals surface area contributed by atoms with Gasteiger partial charge >= 0.3 is 0 Å². The van der Waals surface area contributed by atoms with Crippen LogP contribution >= 0.6 is 27.7 Å². The van der Waals surface area contributed by atoms with Crippen molar-refractivity contribution >= 4 is 32.9 Å². The Hall–Kier alpha value is -0.910. The van der Waals surface area contributed by atoms with Gasteiger partial charge in [-0.15, -0.1) is 0 Å². The summed E-state index contributed by atoms with van der Waals surface area (Å²) in [7, 11) is 0. The Morgan fingerprint density at radius 3 is 2.63 bits per heavy atom. The van der Waals surface area contributed by atoms with Crippen LogP contribution in [0.3, 0.4) is 0 Å². The molecule has 0 radical (unpaired) electrons. The van der Waals surface area contributed by atoms with Gasteiger partial charge in [-0.25, -0.2) is 0 Å². The lowest BCUT2D eigenvalue weighted by molar-refractivity contribution is -0.00000409. The van der Waals surface area contributed by atoms with Crippen molar-refractivity contribution in [1.82, 2.24) is 0 Å². The molecule has 0 fully saturated rings. The van der Waals surface area contributed by atoms with Gasteiger partial charge in [0.25, 0.3) is 0 Å². The van der Waals surface area contributed by atoms with Gasteiger partial charge in [0.2, 0.25) is 0 Å². The average molecular weight is 361 g/mol. The molecule has 0 saturated carbocycles. The topological polar surface area (TPSA) is 51.5 Å². The monoisotopic (exact) mass is 359 g/mol. The first kappa shape index (κ1) is 16.1. The Morgan fingerprint density at radius 1 is 1.26 bits per heavy atom. The molecular formula is C13H13BrClN2OS-. The minimum atomic E-state index is 0. The summed E-state index contributed by atoms with van der Waals surface area (Å²) in [5.41, 5.74) is 7.05. The first-order chi connectivity index (χ1) is 8.74. The Labute approximate surface area is 131 Å². The van der Waals surface area contributed by atoms with Crippen molar-refractivity contribution in [3.63, 3.8) is 0 Å². The van der Waals surface area contributed by atoms with E-state index < -0.39 is 0 Å². The zero-order valence-corrected chi connectivity index (χ0v) is 13.2. The highest BCUT2D eigenvalue weighted by Crippen LogP contribution is 2.16. The maximum atomic E-state index is 5.83. The molecule has 2 N–H and O–H groups in total. The number of rotatable bonds is 4. The number of hydrogen-bond acceptors (Lipinski definition) is 3. The van der Waals surface area contributed by atoms with E-state index in [2.05, 4.69) is 33.1 Å². The van der Waals surface area contributed by atoms with E-state index in [0.29, 0.717) is 11.7 Å². The molecule has 0 bridgehead atoms. The predicted molar refractivity (Wildman–Crippen MR) is 79.5 cm³/mol. The number of amidine groups is 1. The summed E-state index contributed by atoms with van der Waals surface area (Å²) >= 11 is 4.93. The maximum absolute atomic E-state index is 5.83. The molecule has 102 valence electrons. The Bertz CT molecular complexity index is 514. The second-order valence-corrected chi connectivity index (χ2v) is 5.56. The lowest BCUT2D eigenvalue weighted by Gasteiger charge is -2.01. The van der Waals surface area contributed by atoms with Gasteiger partial charge in [0.15, 0.2) is 5.17 Å². The highest BCUT2D eigenvalue weighted by atomic mass is 79.9. The van der Waals surface area contributed by atoms with Crippen LogP contribution in [0.4, 0.5) is 0 Å². The van der Waals surface area contributed by atoms with Crippen LogP contribution in [0.15, 0.2) is 56.5 Å². The van der Waals surface area contributed by atoms with Gasteiger partial charge in [0, 0.05) is 10.2 Å². The van der Waals surface area contributed by atoms with E-state index in [1.165, 1.54) is 17.3 Å². The SMILES string of the molecule is NC(=NCc1ccco1)SCc1ccc(Br)cc1.[Cl-]. The third kappa shape index (κ3) is 5.72. The summed E-state index contributed by atoms with van der Waals surface area (Å²) in [6, 6.07) is 11.9. The number of aliphatic imine (C=N–C) groups is 1. The number of hydrogen-bond donors (Lipinski definition) is 1. The van der Waals surface area contributed by atoms with E-state index in [9.17, 15) is 0 Å². The number of benzene rings is 1. The van der Waals surface area contributed by atoms with Gasteiger partial charge in [0.05, 0.1) is 12.8 Å². The molecular weight excluding hydrogens is 348 g/mol. The van der Waals surface area contributed by atoms with Crippen LogP contribution in [-0.2, 0) is 12.3 Å². The van der Waals surface area contributed by atoms with Gasteiger partial charge in [0.1, 0.15) is 5.76 Å². The Balaban J connectivity index is 0.00000180. The summed E-state index contributed by atoms with van der Waals surface area (Å²) in [4.78, 5) is 4.25. The van der Waals surface area contributed by atoms with Crippen molar-refractivity contribution in [2.45, 2.75) is 12.3 Å². The molecule has 1 aromatic carbocycles. The zero-order valence-electron chi connectivity index (χ0n) is 10.1. The molecule has 0 saturated heterocycles. The molecule has 19 heavy (non-hydrogen) atoms. The van der Waals surface area contributed by atoms with Crippen molar-refractivity contribution < 1.29 is 16.8 Å². The van der Waals surface area contributed by atoms with Gasteiger partial charge in [-0.1, -0.05) is 39.8 Å². The predicted octanol–water partition coefficient (Wildman–Crippen LogP) is 0.794. The van der Waals surface area contributed by atoms with Crippen molar-refractivity contribution in [2.75, 3.05) is 0 Å². The van der Waals surface area contributed by atoms with E-state index in [1.807, 2.05) is 24.3 Å². The minimum Gasteiger partial charge on any atom is -1.00 e. The standard InChI is InChI=1S/C13H13BrN2OS.ClH/c14-11-5-3-10(4-6-11)9-18-13(15)16-8-12-2-1-7-17-12;/h1-7H,8-9H2,(H2,15,16);1H/p-1. The van der Waals surface area contributed by atoms with Crippen LogP contribution in [0.1, 0.15) is 11.3 Å². The summed E-state index contributed by atoms with van der Waals surface area (Å²) < 4.78 is 6.26. The first-order valence-corrected chi connectivity index (χ1v) is 7.21. The molecule has 0 aliphatic carbocycles. The zero-order chi connectivity index (χ0) is 12.8. The summed E-state index contributed by atoms with van der Waals surface area (Å²) in [6.07, 6.45) is 1.63. The number of furan rings is 1. The van der Waals surface area contributed by atoms with Crippen LogP contribution in [0.25, 0.3) is 0 Å². The fourth-order valence-electron chi connectivity index (χ4n) is 1.34. The number of nitrogens with two attached hydrogens (primary N) is 1. The van der Waals surface area contributed by atoms with E-state index in [-0.39, 0.29) is 12.4 Å². The van der Waals surface area contributed by atoms with E-state index in [1.54, 1.807) is 6.26 Å². The van der Waals surface area contributed by atoms with E-state index >= 15 is 0 Å². The fourth-order valence-corrected chi connectivity index (χ4v) is 2.27. The van der Waals surface area contributed by atoms with Crippen molar-refractivity contribution in [3.05, 3.63) is 58.5 Å². The lowest BCUT2D eigenvalue weighted by atomic mass is 10.2. The Morgan fingerprint density at radius 2 is 2.00 bits per heavy atom. The molecule has 3 nitrogen and oxygen atoms in total. The summed E-state index contributed by atoms with van der Waals surface area (Å²) in [5.74, 6) is 1.64. The van der Waals surface area contributed by atoms with Crippen LogP contribution in [0, 0.1) is 0 Å². The van der Waals surface area contributed by atoms with Gasteiger partial charge in [-0.05, 0) is 29.8 Å².